The van der Waals surface area contributed by atoms with E-state index in [9.17, 15) is 0 Å². The molecule has 3 aromatic heterocycles. The number of allylic oxidation sites excluding steroid dienone is 2. The molecule has 5 nitrogen and oxygen atoms in total. The molecule has 236 valence electrons. The van der Waals surface area contributed by atoms with E-state index in [1.807, 2.05) is 13.3 Å². The van der Waals surface area contributed by atoms with Crippen LogP contribution in [0, 0.1) is 0 Å². The largest absolute Gasteiger partial charge is 2.00 e. The zero-order valence-electron chi connectivity index (χ0n) is 28.2. The number of fused-ring (bicyclic) bond motifs is 8. The summed E-state index contributed by atoms with van der Waals surface area (Å²) in [7, 11) is 1.86. The normalized spacial score (nSPS) is 16.7. The van der Waals surface area contributed by atoms with Gasteiger partial charge in [0.05, 0.1) is 17.1 Å². The molecule has 2 atom stereocenters. The van der Waals surface area contributed by atoms with Crippen molar-refractivity contribution in [1.82, 2.24) is 19.9 Å². The summed E-state index contributed by atoms with van der Waals surface area (Å²) in [5.41, 5.74) is 17.6. The maximum Gasteiger partial charge on any atom is 2.00 e. The van der Waals surface area contributed by atoms with Crippen LogP contribution in [0.25, 0.3) is 33.2 Å². The molecular formula is C38H49N5Ni. The molecule has 0 aromatic carbocycles. The van der Waals surface area contributed by atoms with Crippen molar-refractivity contribution in [3.05, 3.63) is 68.8 Å². The molecule has 5 rings (SSSR count). The Morgan fingerprint density at radius 1 is 0.636 bits per heavy atom. The molecule has 2 aliphatic rings. The van der Waals surface area contributed by atoms with Crippen LogP contribution in [0.3, 0.4) is 0 Å². The Hall–Kier alpha value is -2.98. The number of aromatic nitrogens is 4. The van der Waals surface area contributed by atoms with E-state index in [-0.39, 0.29) is 16.5 Å². The van der Waals surface area contributed by atoms with Gasteiger partial charge in [-0.3, -0.25) is 9.98 Å². The maximum absolute atomic E-state index is 5.45. The summed E-state index contributed by atoms with van der Waals surface area (Å²) in [5, 5.41) is 0. The van der Waals surface area contributed by atoms with Gasteiger partial charge >= 0.3 is 16.5 Å². The van der Waals surface area contributed by atoms with Crippen molar-refractivity contribution in [2.45, 2.75) is 119 Å². The predicted octanol–water partition coefficient (Wildman–Crippen LogP) is 9.29. The van der Waals surface area contributed by atoms with Crippen molar-refractivity contribution in [1.29, 1.82) is 0 Å². The van der Waals surface area contributed by atoms with Crippen molar-refractivity contribution >= 4 is 39.4 Å². The van der Waals surface area contributed by atoms with Crippen molar-refractivity contribution in [2.75, 3.05) is 7.05 Å². The fraction of sp³-hybridized carbons (Fsp3) is 0.500. The first-order valence-electron chi connectivity index (χ1n) is 16.8. The predicted molar refractivity (Wildman–Crippen MR) is 183 cm³/mol. The minimum absolute atomic E-state index is 0. The number of hydrogen-bond acceptors (Lipinski definition) is 3. The van der Waals surface area contributed by atoms with Gasteiger partial charge in [0.25, 0.3) is 0 Å². The van der Waals surface area contributed by atoms with Crippen LogP contribution in [0.5, 0.6) is 0 Å². The fourth-order valence-electron chi connectivity index (χ4n) is 7.72. The summed E-state index contributed by atoms with van der Waals surface area (Å²) in [4.78, 5) is 26.0. The van der Waals surface area contributed by atoms with Crippen molar-refractivity contribution in [3.8, 4) is 0 Å². The van der Waals surface area contributed by atoms with Crippen LogP contribution in [0.1, 0.15) is 144 Å². The van der Waals surface area contributed by atoms with Gasteiger partial charge in [-0.1, -0.05) is 95.8 Å². The Labute approximate surface area is 274 Å². The van der Waals surface area contributed by atoms with Crippen molar-refractivity contribution < 1.29 is 16.5 Å². The standard InChI is InChI=1S/C38H49N5.Ni/c1-10-22-24(12-3)33-19-35-26(14-5)28(16-7)37(42-35)30(21-39-9)38-29(17-8)27(15-6)36(43-38)20-34-25(13-4)23(11-2)32(41-34)18-31(22)40-33;/h18-21,26,28H,10-17H2,1-9H3;/q-2;+2. The minimum atomic E-state index is 0. The zero-order chi connectivity index (χ0) is 30.8. The van der Waals surface area contributed by atoms with Crippen LogP contribution in [0.4, 0.5) is 0 Å². The van der Waals surface area contributed by atoms with Gasteiger partial charge in [-0.05, 0) is 68.1 Å². The van der Waals surface area contributed by atoms with Gasteiger partial charge in [0.15, 0.2) is 0 Å². The van der Waals surface area contributed by atoms with Crippen LogP contribution >= 0.6 is 0 Å². The summed E-state index contributed by atoms with van der Waals surface area (Å²) in [6.45, 7) is 18.1. The zero-order valence-corrected chi connectivity index (χ0v) is 29.2. The smallest absolute Gasteiger partial charge is 0.657 e. The van der Waals surface area contributed by atoms with Crippen molar-refractivity contribution in [2.24, 2.45) is 4.99 Å². The average molecular weight is 635 g/mol. The van der Waals surface area contributed by atoms with Crippen LogP contribution in [0.15, 0.2) is 23.2 Å². The van der Waals surface area contributed by atoms with E-state index in [4.69, 9.17) is 19.9 Å². The van der Waals surface area contributed by atoms with Crippen LogP contribution in [-0.2, 0) is 42.2 Å². The second-order valence-electron chi connectivity index (χ2n) is 11.8. The summed E-state index contributed by atoms with van der Waals surface area (Å²) >= 11 is 0. The Morgan fingerprint density at radius 2 is 1.14 bits per heavy atom. The third kappa shape index (κ3) is 5.64. The molecule has 2 aliphatic heterocycles. The molecule has 0 saturated heterocycles. The second-order valence-corrected chi connectivity index (χ2v) is 11.8. The third-order valence-corrected chi connectivity index (χ3v) is 9.73. The van der Waals surface area contributed by atoms with Gasteiger partial charge in [0.1, 0.15) is 0 Å². The molecule has 0 spiro atoms. The monoisotopic (exact) mass is 633 g/mol. The molecular weight excluding hydrogens is 585 g/mol. The van der Waals surface area contributed by atoms with Gasteiger partial charge in [-0.15, -0.1) is 22.1 Å². The SMILES string of the molecule is CCC1=C(CC)c2cc3[n-]c(c(C=NC)c4nc(cc5[n-]c(cc1n2)c(CC)c5CC)C(CC)C4CC)c(CC)c3CC.[Ni+2]. The van der Waals surface area contributed by atoms with E-state index in [0.29, 0.717) is 11.8 Å². The van der Waals surface area contributed by atoms with Crippen LogP contribution < -0.4 is 9.97 Å². The Balaban J connectivity index is 0.00000442. The van der Waals surface area contributed by atoms with E-state index >= 15 is 0 Å². The van der Waals surface area contributed by atoms with Gasteiger partial charge < -0.3 is 9.97 Å². The molecule has 6 heteroatoms. The number of aliphatic imine (C=N–C) groups is 1. The molecule has 8 bridgehead atoms. The summed E-state index contributed by atoms with van der Waals surface area (Å²) in [6, 6.07) is 6.80. The van der Waals surface area contributed by atoms with Gasteiger partial charge in [0, 0.05) is 30.8 Å². The third-order valence-electron chi connectivity index (χ3n) is 9.73. The molecule has 0 saturated carbocycles. The fourth-order valence-corrected chi connectivity index (χ4v) is 7.72. The molecule has 44 heavy (non-hydrogen) atoms. The molecule has 3 aromatic rings. The second kappa shape index (κ2) is 14.4. The first-order valence-corrected chi connectivity index (χ1v) is 16.8. The van der Waals surface area contributed by atoms with E-state index < -0.39 is 0 Å². The molecule has 5 heterocycles. The molecule has 0 aliphatic carbocycles. The van der Waals surface area contributed by atoms with E-state index in [1.165, 1.54) is 33.4 Å². The molecule has 0 fully saturated rings. The van der Waals surface area contributed by atoms with E-state index in [1.54, 1.807) is 0 Å². The number of nitrogens with zero attached hydrogens (tertiary/aromatic N) is 5. The summed E-state index contributed by atoms with van der Waals surface area (Å²) < 4.78 is 0. The number of hydrogen-bond donors (Lipinski definition) is 0. The number of aryl methyl sites for hydroxylation is 4. The molecule has 0 radical (unpaired) electrons. The average Bonchev–Trinajstić information content (AvgIpc) is 3.74. The molecule has 0 N–H and O–H groups in total. The summed E-state index contributed by atoms with van der Waals surface area (Å²) in [5.74, 6) is 0.650. The molecule has 0 amide bonds. The Morgan fingerprint density at radius 3 is 1.61 bits per heavy atom. The minimum Gasteiger partial charge on any atom is -0.657 e. The van der Waals surface area contributed by atoms with E-state index in [2.05, 4.69) is 78.6 Å². The maximum atomic E-state index is 5.45. The Bertz CT molecular complexity index is 1740. The van der Waals surface area contributed by atoms with Gasteiger partial charge in [0.2, 0.25) is 0 Å². The van der Waals surface area contributed by atoms with Crippen molar-refractivity contribution in [3.63, 3.8) is 0 Å². The summed E-state index contributed by atoms with van der Waals surface area (Å²) in [6.07, 6.45) is 9.67. The van der Waals surface area contributed by atoms with E-state index in [0.717, 1.165) is 102 Å². The first kappa shape index (κ1) is 33.9. The molecule has 2 unspecified atom stereocenters. The van der Waals surface area contributed by atoms with Crippen LogP contribution in [-0.4, -0.2) is 23.2 Å². The topological polar surface area (TPSA) is 66.3 Å². The Kier molecular flexibility index (Phi) is 11.1. The number of rotatable bonds is 9. The first-order chi connectivity index (χ1) is 20.9. The van der Waals surface area contributed by atoms with Gasteiger partial charge in [-0.2, -0.15) is 0 Å². The quantitative estimate of drug-likeness (QED) is 0.174. The van der Waals surface area contributed by atoms with Crippen LogP contribution in [0.2, 0.25) is 0 Å². The van der Waals surface area contributed by atoms with Gasteiger partial charge in [-0.25, -0.2) is 4.98 Å².